The van der Waals surface area contributed by atoms with Gasteiger partial charge in [-0.3, -0.25) is 14.5 Å². The first-order chi connectivity index (χ1) is 8.82. The van der Waals surface area contributed by atoms with Crippen molar-refractivity contribution in [1.29, 1.82) is 0 Å². The molecule has 2 fully saturated rings. The molecule has 19 heavy (non-hydrogen) atoms. The van der Waals surface area contributed by atoms with Crippen molar-refractivity contribution >= 4 is 17.8 Å². The van der Waals surface area contributed by atoms with Crippen molar-refractivity contribution in [1.82, 2.24) is 4.90 Å². The monoisotopic (exact) mass is 267 g/mol. The summed E-state index contributed by atoms with van der Waals surface area (Å²) in [5.41, 5.74) is 0. The van der Waals surface area contributed by atoms with E-state index in [1.165, 1.54) is 0 Å². The fourth-order valence-corrected chi connectivity index (χ4v) is 3.37. The molecule has 2 amide bonds. The molecule has 0 bridgehead atoms. The molecule has 1 aliphatic heterocycles. The fourth-order valence-electron chi connectivity index (χ4n) is 3.37. The number of nitrogens with zero attached hydrogens (tertiary/aromatic N) is 1. The minimum Gasteiger partial charge on any atom is -0.480 e. The first-order valence-electron chi connectivity index (χ1n) is 6.92. The van der Waals surface area contributed by atoms with E-state index in [0.717, 1.165) is 4.90 Å². The number of aliphatic carboxylic acids is 1. The van der Waals surface area contributed by atoms with Gasteiger partial charge in [0.15, 0.2) is 0 Å². The Kier molecular flexibility index (Phi) is 3.65. The zero-order chi connectivity index (χ0) is 14.3. The summed E-state index contributed by atoms with van der Waals surface area (Å²) in [5.74, 6) is -1.68. The average Bonchev–Trinajstić information content (AvgIpc) is 2.77. The molecule has 5 nitrogen and oxygen atoms in total. The second-order valence-corrected chi connectivity index (χ2v) is 6.32. The summed E-state index contributed by atoms with van der Waals surface area (Å²) in [7, 11) is 0. The Hall–Kier alpha value is -1.39. The second-order valence-electron chi connectivity index (χ2n) is 6.32. The molecule has 3 unspecified atom stereocenters. The lowest BCUT2D eigenvalue weighted by Crippen LogP contribution is -2.46. The van der Waals surface area contributed by atoms with Crippen LogP contribution in [0.1, 0.15) is 40.0 Å². The van der Waals surface area contributed by atoms with Crippen molar-refractivity contribution in [3.63, 3.8) is 0 Å². The Labute approximate surface area is 113 Å². The predicted molar refractivity (Wildman–Crippen MR) is 68.1 cm³/mol. The maximum absolute atomic E-state index is 12.3. The van der Waals surface area contributed by atoms with Gasteiger partial charge in [0.2, 0.25) is 11.8 Å². The maximum Gasteiger partial charge on any atom is 0.326 e. The van der Waals surface area contributed by atoms with E-state index in [-0.39, 0.29) is 29.6 Å². The molecule has 5 heteroatoms. The highest BCUT2D eigenvalue weighted by atomic mass is 16.4. The average molecular weight is 267 g/mol. The normalized spacial score (nSPS) is 32.0. The van der Waals surface area contributed by atoms with E-state index >= 15 is 0 Å². The van der Waals surface area contributed by atoms with Crippen LogP contribution in [-0.4, -0.2) is 33.8 Å². The molecule has 1 saturated carbocycles. The Morgan fingerprint density at radius 1 is 1.26 bits per heavy atom. The van der Waals surface area contributed by atoms with Gasteiger partial charge < -0.3 is 5.11 Å². The smallest absolute Gasteiger partial charge is 0.326 e. The number of likely N-dealkylation sites (tertiary alicyclic amines) is 1. The molecule has 0 aromatic heterocycles. The van der Waals surface area contributed by atoms with E-state index in [1.54, 1.807) is 0 Å². The molecule has 0 aromatic carbocycles. The zero-order valence-corrected chi connectivity index (χ0v) is 11.6. The summed E-state index contributed by atoms with van der Waals surface area (Å²) in [6.07, 6.45) is 1.74. The van der Waals surface area contributed by atoms with Gasteiger partial charge in [0.05, 0.1) is 11.8 Å². The van der Waals surface area contributed by atoms with Gasteiger partial charge in [-0.2, -0.15) is 0 Å². The predicted octanol–water partition coefficient (Wildman–Crippen LogP) is 1.52. The number of imide groups is 1. The summed E-state index contributed by atoms with van der Waals surface area (Å²) in [6.45, 7) is 5.82. The van der Waals surface area contributed by atoms with Crippen LogP contribution in [0.5, 0.6) is 0 Å². The van der Waals surface area contributed by atoms with Crippen molar-refractivity contribution in [3.8, 4) is 0 Å². The molecule has 1 N–H and O–H groups in total. The van der Waals surface area contributed by atoms with Gasteiger partial charge in [-0.1, -0.05) is 20.8 Å². The number of fused-ring (bicyclic) bond motifs is 1. The largest absolute Gasteiger partial charge is 0.480 e. The van der Waals surface area contributed by atoms with Crippen molar-refractivity contribution < 1.29 is 19.5 Å². The molecule has 0 radical (unpaired) electrons. The molecule has 0 spiro atoms. The van der Waals surface area contributed by atoms with Crippen LogP contribution in [-0.2, 0) is 14.4 Å². The third-order valence-electron chi connectivity index (χ3n) is 4.20. The van der Waals surface area contributed by atoms with Crippen molar-refractivity contribution in [2.75, 3.05) is 0 Å². The van der Waals surface area contributed by atoms with Gasteiger partial charge in [0.25, 0.3) is 0 Å². The Morgan fingerprint density at radius 2 is 1.74 bits per heavy atom. The number of rotatable bonds is 4. The quantitative estimate of drug-likeness (QED) is 0.784. The SMILES string of the molecule is CC(C)CC(C(=O)O)N1C(=O)C2CC(C)CC2C1=O. The van der Waals surface area contributed by atoms with Crippen LogP contribution in [0.3, 0.4) is 0 Å². The van der Waals surface area contributed by atoms with Crippen molar-refractivity contribution in [2.45, 2.75) is 46.1 Å². The molecular formula is C14H21NO4. The molecule has 1 saturated heterocycles. The van der Waals surface area contributed by atoms with Crippen LogP contribution in [0.4, 0.5) is 0 Å². The molecule has 3 atom stereocenters. The van der Waals surface area contributed by atoms with E-state index in [4.69, 9.17) is 0 Å². The van der Waals surface area contributed by atoms with Gasteiger partial charge in [-0.05, 0) is 31.1 Å². The van der Waals surface area contributed by atoms with Crippen LogP contribution in [0, 0.1) is 23.7 Å². The van der Waals surface area contributed by atoms with Crippen molar-refractivity contribution in [3.05, 3.63) is 0 Å². The summed E-state index contributed by atoms with van der Waals surface area (Å²) in [6, 6.07) is -0.999. The van der Waals surface area contributed by atoms with E-state index in [9.17, 15) is 19.5 Å². The molecule has 1 heterocycles. The summed E-state index contributed by atoms with van der Waals surface area (Å²) >= 11 is 0. The third kappa shape index (κ3) is 2.38. The van der Waals surface area contributed by atoms with Crippen LogP contribution in [0.25, 0.3) is 0 Å². The third-order valence-corrected chi connectivity index (χ3v) is 4.20. The fraction of sp³-hybridized carbons (Fsp3) is 0.786. The molecule has 2 rings (SSSR count). The van der Waals surface area contributed by atoms with Crippen molar-refractivity contribution in [2.24, 2.45) is 23.7 Å². The maximum atomic E-state index is 12.3. The van der Waals surface area contributed by atoms with Crippen LogP contribution < -0.4 is 0 Å². The molecule has 2 aliphatic rings. The highest BCUT2D eigenvalue weighted by Crippen LogP contribution is 2.43. The van der Waals surface area contributed by atoms with E-state index < -0.39 is 12.0 Å². The lowest BCUT2D eigenvalue weighted by molar-refractivity contribution is -0.156. The number of carbonyl (C=O) groups is 3. The summed E-state index contributed by atoms with van der Waals surface area (Å²) in [5, 5.41) is 9.29. The van der Waals surface area contributed by atoms with Gasteiger partial charge >= 0.3 is 5.97 Å². The molecule has 106 valence electrons. The molecule has 0 aromatic rings. The lowest BCUT2D eigenvalue weighted by atomic mass is 10.00. The summed E-state index contributed by atoms with van der Waals surface area (Å²) < 4.78 is 0. The number of carboxylic acids is 1. The van der Waals surface area contributed by atoms with Gasteiger partial charge in [-0.25, -0.2) is 4.79 Å². The minimum absolute atomic E-state index is 0.126. The number of carbonyl (C=O) groups excluding carboxylic acids is 2. The minimum atomic E-state index is -1.08. The Bertz CT molecular complexity index is 394. The number of hydrogen-bond acceptors (Lipinski definition) is 3. The second kappa shape index (κ2) is 4.94. The first-order valence-corrected chi connectivity index (χ1v) is 6.92. The van der Waals surface area contributed by atoms with Gasteiger partial charge in [0, 0.05) is 0 Å². The standard InChI is InChI=1S/C14H21NO4/c1-7(2)4-11(14(18)19)15-12(16)9-5-8(3)6-10(9)13(15)17/h7-11H,4-6H2,1-3H3,(H,18,19). The number of hydrogen-bond donors (Lipinski definition) is 1. The topological polar surface area (TPSA) is 74.7 Å². The number of amides is 2. The molecular weight excluding hydrogens is 246 g/mol. The van der Waals surface area contributed by atoms with Crippen LogP contribution >= 0.6 is 0 Å². The highest BCUT2D eigenvalue weighted by molar-refractivity contribution is 6.08. The molecule has 1 aliphatic carbocycles. The lowest BCUT2D eigenvalue weighted by Gasteiger charge is -2.25. The van der Waals surface area contributed by atoms with Crippen LogP contribution in [0.2, 0.25) is 0 Å². The Morgan fingerprint density at radius 3 is 2.11 bits per heavy atom. The van der Waals surface area contributed by atoms with E-state index in [2.05, 4.69) is 0 Å². The van der Waals surface area contributed by atoms with Gasteiger partial charge in [0.1, 0.15) is 6.04 Å². The summed E-state index contributed by atoms with van der Waals surface area (Å²) in [4.78, 5) is 37.0. The van der Waals surface area contributed by atoms with Gasteiger partial charge in [-0.15, -0.1) is 0 Å². The van der Waals surface area contributed by atoms with Crippen LogP contribution in [0.15, 0.2) is 0 Å². The Balaban J connectivity index is 2.23. The number of carboxylic acid groups (broad SMARTS) is 1. The van der Waals surface area contributed by atoms with E-state index in [1.807, 2.05) is 20.8 Å². The van der Waals surface area contributed by atoms with E-state index in [0.29, 0.717) is 25.2 Å². The first kappa shape index (κ1) is 14.0. The zero-order valence-electron chi connectivity index (χ0n) is 11.6. The highest BCUT2D eigenvalue weighted by Gasteiger charge is 2.54.